The van der Waals surface area contributed by atoms with Crippen molar-refractivity contribution in [3.63, 3.8) is 0 Å². The minimum Gasteiger partial charge on any atom is -0.378 e. The van der Waals surface area contributed by atoms with Gasteiger partial charge in [-0.2, -0.15) is 4.98 Å². The maximum Gasteiger partial charge on any atom is 0.226 e. The lowest BCUT2D eigenvalue weighted by molar-refractivity contribution is 0.0104. The van der Waals surface area contributed by atoms with Crippen molar-refractivity contribution >= 4 is 0 Å². The standard InChI is InChI=1S/C15H28N4O2/c1-3-19(4-2)11-13(16)15-17-14(21-18-15)9-8-12-7-5-6-10-20-12/h12-13H,3-11,16H2,1-2H3. The molecule has 0 aliphatic carbocycles. The number of rotatable bonds is 8. The average molecular weight is 296 g/mol. The molecular weight excluding hydrogens is 268 g/mol. The van der Waals surface area contributed by atoms with E-state index < -0.39 is 0 Å². The Bertz CT molecular complexity index is 400. The molecule has 2 N–H and O–H groups in total. The SMILES string of the molecule is CCN(CC)CC(N)c1noc(CCC2CCCCO2)n1. The second-order valence-corrected chi connectivity index (χ2v) is 5.67. The Morgan fingerprint density at radius 1 is 1.33 bits per heavy atom. The monoisotopic (exact) mass is 296 g/mol. The minimum atomic E-state index is -0.187. The molecule has 120 valence electrons. The van der Waals surface area contributed by atoms with Crippen LogP contribution in [-0.2, 0) is 11.2 Å². The maximum absolute atomic E-state index is 6.15. The first kappa shape index (κ1) is 16.4. The second kappa shape index (κ2) is 8.46. The predicted molar refractivity (Wildman–Crippen MR) is 80.9 cm³/mol. The molecule has 1 aromatic heterocycles. The van der Waals surface area contributed by atoms with Crippen molar-refractivity contribution in [2.75, 3.05) is 26.2 Å². The summed E-state index contributed by atoms with van der Waals surface area (Å²) >= 11 is 0. The molecule has 6 heteroatoms. The van der Waals surface area contributed by atoms with E-state index in [2.05, 4.69) is 28.9 Å². The van der Waals surface area contributed by atoms with E-state index in [9.17, 15) is 0 Å². The molecule has 1 aliphatic rings. The topological polar surface area (TPSA) is 77.4 Å². The third-order valence-electron chi connectivity index (χ3n) is 4.12. The highest BCUT2D eigenvalue weighted by Crippen LogP contribution is 2.18. The lowest BCUT2D eigenvalue weighted by Crippen LogP contribution is -2.32. The van der Waals surface area contributed by atoms with E-state index >= 15 is 0 Å². The van der Waals surface area contributed by atoms with Gasteiger partial charge in [-0.3, -0.25) is 0 Å². The van der Waals surface area contributed by atoms with Crippen LogP contribution in [0.4, 0.5) is 0 Å². The van der Waals surface area contributed by atoms with Crippen molar-refractivity contribution < 1.29 is 9.26 Å². The molecule has 1 saturated heterocycles. The predicted octanol–water partition coefficient (Wildman–Crippen LogP) is 1.91. The second-order valence-electron chi connectivity index (χ2n) is 5.67. The van der Waals surface area contributed by atoms with Gasteiger partial charge in [0, 0.05) is 19.6 Å². The minimum absolute atomic E-state index is 0.187. The molecule has 2 heterocycles. The Kier molecular flexibility index (Phi) is 6.60. The summed E-state index contributed by atoms with van der Waals surface area (Å²) in [4.78, 5) is 6.69. The maximum atomic E-state index is 6.15. The summed E-state index contributed by atoms with van der Waals surface area (Å²) in [6.45, 7) is 7.86. The fourth-order valence-electron chi connectivity index (χ4n) is 2.68. The van der Waals surface area contributed by atoms with E-state index in [4.69, 9.17) is 15.0 Å². The highest BCUT2D eigenvalue weighted by molar-refractivity contribution is 4.94. The summed E-state index contributed by atoms with van der Waals surface area (Å²) < 4.78 is 11.0. The number of ether oxygens (including phenoxy) is 1. The lowest BCUT2D eigenvalue weighted by atomic mass is 10.0. The Hall–Kier alpha value is -0.980. The summed E-state index contributed by atoms with van der Waals surface area (Å²) in [6.07, 6.45) is 5.65. The van der Waals surface area contributed by atoms with Crippen LogP contribution in [0.15, 0.2) is 4.52 Å². The van der Waals surface area contributed by atoms with Crippen LogP contribution in [-0.4, -0.2) is 47.4 Å². The molecule has 1 aliphatic heterocycles. The molecule has 6 nitrogen and oxygen atoms in total. The van der Waals surface area contributed by atoms with Gasteiger partial charge in [0.15, 0.2) is 5.82 Å². The van der Waals surface area contributed by atoms with E-state index in [1.165, 1.54) is 12.8 Å². The van der Waals surface area contributed by atoms with Crippen molar-refractivity contribution in [3.8, 4) is 0 Å². The molecule has 2 atom stereocenters. The van der Waals surface area contributed by atoms with Crippen molar-refractivity contribution in [1.29, 1.82) is 0 Å². The Morgan fingerprint density at radius 3 is 2.81 bits per heavy atom. The number of aryl methyl sites for hydroxylation is 1. The summed E-state index contributed by atoms with van der Waals surface area (Å²) in [7, 11) is 0. The largest absolute Gasteiger partial charge is 0.378 e. The van der Waals surface area contributed by atoms with Crippen LogP contribution in [0, 0.1) is 0 Å². The molecule has 1 fully saturated rings. The van der Waals surface area contributed by atoms with Crippen LogP contribution < -0.4 is 5.73 Å². The summed E-state index contributed by atoms with van der Waals surface area (Å²) in [6, 6.07) is -0.187. The van der Waals surface area contributed by atoms with Gasteiger partial charge in [-0.1, -0.05) is 19.0 Å². The average Bonchev–Trinajstić information content (AvgIpc) is 3.00. The molecular formula is C15H28N4O2. The molecule has 0 aromatic carbocycles. The van der Waals surface area contributed by atoms with Gasteiger partial charge in [0.05, 0.1) is 12.1 Å². The molecule has 0 radical (unpaired) electrons. The van der Waals surface area contributed by atoms with E-state index in [1.807, 2.05) is 0 Å². The molecule has 1 aromatic rings. The van der Waals surface area contributed by atoms with E-state index in [1.54, 1.807) is 0 Å². The van der Waals surface area contributed by atoms with Crippen LogP contribution in [0.5, 0.6) is 0 Å². The fraction of sp³-hybridized carbons (Fsp3) is 0.867. The van der Waals surface area contributed by atoms with Crippen LogP contribution in [0.2, 0.25) is 0 Å². The summed E-state index contributed by atoms with van der Waals surface area (Å²) in [5.74, 6) is 1.29. The van der Waals surface area contributed by atoms with Crippen LogP contribution in [0.25, 0.3) is 0 Å². The van der Waals surface area contributed by atoms with E-state index in [-0.39, 0.29) is 6.04 Å². The quantitative estimate of drug-likeness (QED) is 0.789. The van der Waals surface area contributed by atoms with Crippen LogP contribution >= 0.6 is 0 Å². The Balaban J connectivity index is 1.79. The number of likely N-dealkylation sites (N-methyl/N-ethyl adjacent to an activating group) is 1. The van der Waals surface area contributed by atoms with Gasteiger partial charge in [0.1, 0.15) is 0 Å². The first-order valence-corrected chi connectivity index (χ1v) is 8.15. The Morgan fingerprint density at radius 2 is 2.14 bits per heavy atom. The van der Waals surface area contributed by atoms with Gasteiger partial charge >= 0.3 is 0 Å². The highest BCUT2D eigenvalue weighted by Gasteiger charge is 2.18. The number of nitrogens with two attached hydrogens (primary N) is 1. The highest BCUT2D eigenvalue weighted by atomic mass is 16.5. The number of hydrogen-bond acceptors (Lipinski definition) is 6. The zero-order chi connectivity index (χ0) is 15.1. The smallest absolute Gasteiger partial charge is 0.226 e. The van der Waals surface area contributed by atoms with E-state index in [0.29, 0.717) is 17.8 Å². The fourth-order valence-corrected chi connectivity index (χ4v) is 2.68. The zero-order valence-electron chi connectivity index (χ0n) is 13.3. The molecule has 2 rings (SSSR count). The van der Waals surface area contributed by atoms with E-state index in [0.717, 1.165) is 45.5 Å². The van der Waals surface area contributed by atoms with Gasteiger partial charge < -0.3 is 19.9 Å². The van der Waals surface area contributed by atoms with Gasteiger partial charge in [0.2, 0.25) is 5.89 Å². The molecule has 21 heavy (non-hydrogen) atoms. The zero-order valence-corrected chi connectivity index (χ0v) is 13.3. The number of nitrogens with zero attached hydrogens (tertiary/aromatic N) is 3. The Labute approximate surface area is 127 Å². The number of hydrogen-bond donors (Lipinski definition) is 1. The van der Waals surface area contributed by atoms with Crippen LogP contribution in [0.1, 0.15) is 57.3 Å². The summed E-state index contributed by atoms with van der Waals surface area (Å²) in [5, 5.41) is 4.02. The van der Waals surface area contributed by atoms with Gasteiger partial charge in [-0.15, -0.1) is 0 Å². The van der Waals surface area contributed by atoms with Crippen molar-refractivity contribution in [2.45, 2.75) is 58.1 Å². The molecule has 0 saturated carbocycles. The van der Waals surface area contributed by atoms with Crippen molar-refractivity contribution in [1.82, 2.24) is 15.0 Å². The first-order chi connectivity index (χ1) is 10.2. The number of aromatic nitrogens is 2. The third-order valence-corrected chi connectivity index (χ3v) is 4.12. The first-order valence-electron chi connectivity index (χ1n) is 8.15. The third kappa shape index (κ3) is 5.05. The molecule has 0 spiro atoms. The normalized spacial score (nSPS) is 20.9. The van der Waals surface area contributed by atoms with Crippen molar-refractivity contribution in [3.05, 3.63) is 11.7 Å². The molecule has 0 amide bonds. The van der Waals surface area contributed by atoms with Gasteiger partial charge in [-0.05, 0) is 38.8 Å². The molecule has 2 unspecified atom stereocenters. The van der Waals surface area contributed by atoms with Gasteiger partial charge in [-0.25, -0.2) is 0 Å². The van der Waals surface area contributed by atoms with Crippen molar-refractivity contribution in [2.24, 2.45) is 5.73 Å². The lowest BCUT2D eigenvalue weighted by Gasteiger charge is -2.21. The van der Waals surface area contributed by atoms with Crippen LogP contribution in [0.3, 0.4) is 0 Å². The summed E-state index contributed by atoms with van der Waals surface area (Å²) in [5.41, 5.74) is 6.15. The molecule has 0 bridgehead atoms. The van der Waals surface area contributed by atoms with Gasteiger partial charge in [0.25, 0.3) is 0 Å².